The van der Waals surface area contributed by atoms with Crippen LogP contribution < -0.4 is 5.32 Å². The lowest BCUT2D eigenvalue weighted by atomic mass is 10.1. The van der Waals surface area contributed by atoms with E-state index in [2.05, 4.69) is 5.32 Å². The highest BCUT2D eigenvalue weighted by Gasteiger charge is 2.30. The van der Waals surface area contributed by atoms with Crippen LogP contribution in [0.5, 0.6) is 0 Å². The fraction of sp³-hybridized carbons (Fsp3) is 0.0476. The zero-order chi connectivity index (χ0) is 19.4. The van der Waals surface area contributed by atoms with Crippen molar-refractivity contribution >= 4 is 28.4 Å². The fourth-order valence-corrected chi connectivity index (χ4v) is 2.64. The monoisotopic (exact) mass is 366 g/mol. The van der Waals surface area contributed by atoms with Gasteiger partial charge in [-0.1, -0.05) is 48.5 Å². The number of carbonyl (C=O) groups is 1. The van der Waals surface area contributed by atoms with E-state index in [1.807, 2.05) is 30.3 Å². The summed E-state index contributed by atoms with van der Waals surface area (Å²) in [5.74, 6) is -0.689. The number of amides is 1. The molecule has 0 heterocycles. The lowest BCUT2D eigenvalue weighted by Gasteiger charge is -2.09. The van der Waals surface area contributed by atoms with E-state index in [0.717, 1.165) is 29.0 Å². The Bertz CT molecular complexity index is 1070. The van der Waals surface area contributed by atoms with Gasteiger partial charge in [0.25, 0.3) is 5.91 Å². The molecule has 3 aromatic rings. The first-order valence-electron chi connectivity index (χ1n) is 7.96. The molecule has 3 rings (SSSR count). The minimum absolute atomic E-state index is 0.120. The number of rotatable bonds is 3. The molecule has 0 fully saturated rings. The molecular formula is C21H13F3N2O. The fourth-order valence-electron chi connectivity index (χ4n) is 2.64. The van der Waals surface area contributed by atoms with Gasteiger partial charge in [0.05, 0.1) is 5.56 Å². The molecule has 0 aliphatic carbocycles. The van der Waals surface area contributed by atoms with Crippen molar-refractivity contribution in [1.29, 1.82) is 5.26 Å². The molecule has 0 unspecified atom stereocenters. The third-order valence-corrected chi connectivity index (χ3v) is 3.93. The predicted octanol–water partition coefficient (Wildman–Crippen LogP) is 5.40. The number of fused-ring (bicyclic) bond motifs is 1. The number of anilines is 1. The van der Waals surface area contributed by atoms with Crippen molar-refractivity contribution in [1.82, 2.24) is 0 Å². The van der Waals surface area contributed by atoms with Gasteiger partial charge in [-0.3, -0.25) is 4.79 Å². The molecule has 0 saturated carbocycles. The number of hydrogen-bond donors (Lipinski definition) is 1. The summed E-state index contributed by atoms with van der Waals surface area (Å²) in [5, 5.41) is 13.6. The first-order chi connectivity index (χ1) is 12.9. The molecule has 0 atom stereocenters. The number of hydrogen-bond acceptors (Lipinski definition) is 2. The topological polar surface area (TPSA) is 52.9 Å². The Balaban J connectivity index is 1.91. The van der Waals surface area contributed by atoms with Crippen molar-refractivity contribution in [3.63, 3.8) is 0 Å². The molecule has 1 N–H and O–H groups in total. The molecule has 0 spiro atoms. The van der Waals surface area contributed by atoms with Crippen LogP contribution in [-0.2, 0) is 11.0 Å². The van der Waals surface area contributed by atoms with Gasteiger partial charge in [-0.15, -0.1) is 0 Å². The Morgan fingerprint density at radius 1 is 1.00 bits per heavy atom. The second-order valence-corrected chi connectivity index (χ2v) is 5.77. The molecule has 0 saturated heterocycles. The summed E-state index contributed by atoms with van der Waals surface area (Å²) >= 11 is 0. The van der Waals surface area contributed by atoms with Crippen LogP contribution in [0.25, 0.3) is 16.8 Å². The molecule has 0 aliphatic heterocycles. The summed E-state index contributed by atoms with van der Waals surface area (Å²) in [5.41, 5.74) is -0.497. The summed E-state index contributed by atoms with van der Waals surface area (Å²) < 4.78 is 38.4. The quantitative estimate of drug-likeness (QED) is 0.498. The Morgan fingerprint density at radius 2 is 1.70 bits per heavy atom. The van der Waals surface area contributed by atoms with Gasteiger partial charge >= 0.3 is 6.18 Å². The third-order valence-electron chi connectivity index (χ3n) is 3.93. The summed E-state index contributed by atoms with van der Waals surface area (Å²) in [4.78, 5) is 12.4. The van der Waals surface area contributed by atoms with Crippen molar-refractivity contribution in [3.05, 3.63) is 83.4 Å². The van der Waals surface area contributed by atoms with E-state index in [-0.39, 0.29) is 11.1 Å². The number of halogens is 3. The molecule has 3 nitrogen and oxygen atoms in total. The number of benzene rings is 3. The number of alkyl halides is 3. The maximum Gasteiger partial charge on any atom is 0.416 e. The smallest absolute Gasteiger partial charge is 0.321 e. The van der Waals surface area contributed by atoms with E-state index >= 15 is 0 Å². The second-order valence-electron chi connectivity index (χ2n) is 5.77. The average Bonchev–Trinajstić information content (AvgIpc) is 2.66. The lowest BCUT2D eigenvalue weighted by molar-refractivity contribution is -0.137. The van der Waals surface area contributed by atoms with Crippen molar-refractivity contribution in [2.75, 3.05) is 5.32 Å². The summed E-state index contributed by atoms with van der Waals surface area (Å²) in [6.07, 6.45) is -3.36. The van der Waals surface area contributed by atoms with Gasteiger partial charge in [0.1, 0.15) is 11.6 Å². The molecular weight excluding hydrogens is 353 g/mol. The van der Waals surface area contributed by atoms with Crippen LogP contribution >= 0.6 is 0 Å². The maximum atomic E-state index is 12.8. The van der Waals surface area contributed by atoms with Crippen LogP contribution in [0.3, 0.4) is 0 Å². The molecule has 0 aliphatic rings. The van der Waals surface area contributed by atoms with E-state index in [9.17, 15) is 23.2 Å². The molecule has 1 amide bonds. The van der Waals surface area contributed by atoms with Crippen LogP contribution in [0.2, 0.25) is 0 Å². The zero-order valence-electron chi connectivity index (χ0n) is 13.9. The second kappa shape index (κ2) is 7.34. The highest BCUT2D eigenvalue weighted by atomic mass is 19.4. The number of nitrogens with one attached hydrogen (secondary N) is 1. The molecule has 27 heavy (non-hydrogen) atoms. The van der Waals surface area contributed by atoms with Gasteiger partial charge in [0, 0.05) is 11.1 Å². The summed E-state index contributed by atoms with van der Waals surface area (Å²) in [7, 11) is 0. The van der Waals surface area contributed by atoms with Crippen molar-refractivity contribution in [2.45, 2.75) is 6.18 Å². The average molecular weight is 366 g/mol. The van der Waals surface area contributed by atoms with Crippen LogP contribution in [0.15, 0.2) is 72.3 Å². The van der Waals surface area contributed by atoms with Gasteiger partial charge < -0.3 is 5.32 Å². The first-order valence-corrected chi connectivity index (χ1v) is 7.96. The van der Waals surface area contributed by atoms with E-state index in [4.69, 9.17) is 0 Å². The predicted molar refractivity (Wildman–Crippen MR) is 97.6 cm³/mol. The van der Waals surface area contributed by atoms with Crippen molar-refractivity contribution in [2.24, 2.45) is 0 Å². The SMILES string of the molecule is N#C/C(=C\c1cccc(C(F)(F)F)c1)C(=O)Nc1cccc2ccccc12. The van der Waals surface area contributed by atoms with Crippen LogP contribution in [-0.4, -0.2) is 5.91 Å². The zero-order valence-corrected chi connectivity index (χ0v) is 13.9. The number of carbonyl (C=O) groups excluding carboxylic acids is 1. The summed E-state index contributed by atoms with van der Waals surface area (Å²) in [6.45, 7) is 0. The van der Waals surface area contributed by atoms with Crippen LogP contribution in [0.4, 0.5) is 18.9 Å². The van der Waals surface area contributed by atoms with Gasteiger partial charge in [0.2, 0.25) is 0 Å². The molecule has 0 radical (unpaired) electrons. The molecule has 3 aromatic carbocycles. The largest absolute Gasteiger partial charge is 0.416 e. The van der Waals surface area contributed by atoms with E-state index < -0.39 is 17.6 Å². The number of nitrogens with zero attached hydrogens (tertiary/aromatic N) is 1. The van der Waals surface area contributed by atoms with Gasteiger partial charge in [-0.25, -0.2) is 0 Å². The highest BCUT2D eigenvalue weighted by molar-refractivity contribution is 6.12. The van der Waals surface area contributed by atoms with Crippen LogP contribution in [0, 0.1) is 11.3 Å². The third kappa shape index (κ3) is 4.15. The maximum absolute atomic E-state index is 12.8. The summed E-state index contributed by atoms with van der Waals surface area (Å²) in [6, 6.07) is 18.9. The minimum atomic E-state index is -4.50. The van der Waals surface area contributed by atoms with Crippen molar-refractivity contribution in [3.8, 4) is 6.07 Å². The molecule has 6 heteroatoms. The van der Waals surface area contributed by atoms with E-state index in [1.165, 1.54) is 12.1 Å². The van der Waals surface area contributed by atoms with E-state index in [0.29, 0.717) is 5.69 Å². The van der Waals surface area contributed by atoms with Gasteiger partial charge in [-0.2, -0.15) is 18.4 Å². The van der Waals surface area contributed by atoms with Crippen molar-refractivity contribution < 1.29 is 18.0 Å². The molecule has 0 bridgehead atoms. The first kappa shape index (κ1) is 18.2. The minimum Gasteiger partial charge on any atom is -0.321 e. The van der Waals surface area contributed by atoms with Gasteiger partial charge in [0.15, 0.2) is 0 Å². The molecule has 0 aromatic heterocycles. The Morgan fingerprint density at radius 3 is 2.44 bits per heavy atom. The Kier molecular flexibility index (Phi) is 4.95. The Labute approximate surface area is 153 Å². The lowest BCUT2D eigenvalue weighted by Crippen LogP contribution is -2.13. The van der Waals surface area contributed by atoms with Gasteiger partial charge in [-0.05, 0) is 35.2 Å². The van der Waals surface area contributed by atoms with Crippen LogP contribution in [0.1, 0.15) is 11.1 Å². The number of nitriles is 1. The standard InChI is InChI=1S/C21H13F3N2O/c22-21(23,24)17-8-3-5-14(12-17)11-16(13-25)20(27)26-19-10-4-7-15-6-1-2-9-18(15)19/h1-12H,(H,26,27)/b16-11+. The van der Waals surface area contributed by atoms with E-state index in [1.54, 1.807) is 18.2 Å². The normalized spacial score (nSPS) is 11.9. The molecule has 134 valence electrons. The highest BCUT2D eigenvalue weighted by Crippen LogP contribution is 2.30. The Hall–Kier alpha value is -3.59.